The lowest BCUT2D eigenvalue weighted by Crippen LogP contribution is -2.26. The van der Waals surface area contributed by atoms with E-state index in [-0.39, 0.29) is 0 Å². The highest BCUT2D eigenvalue weighted by Crippen LogP contribution is 2.37. The summed E-state index contributed by atoms with van der Waals surface area (Å²) >= 11 is 0. The van der Waals surface area contributed by atoms with Crippen LogP contribution in [0.5, 0.6) is 0 Å². The van der Waals surface area contributed by atoms with Gasteiger partial charge in [0.25, 0.3) is 0 Å². The minimum atomic E-state index is 0.433. The highest BCUT2D eigenvalue weighted by Gasteiger charge is 2.28. The van der Waals surface area contributed by atoms with Crippen molar-refractivity contribution in [2.75, 3.05) is 10.2 Å². The molecule has 24 heavy (non-hydrogen) atoms. The Bertz CT molecular complexity index is 692. The Morgan fingerprint density at radius 1 is 1.04 bits per heavy atom. The van der Waals surface area contributed by atoms with Gasteiger partial charge in [0.15, 0.2) is 0 Å². The standard InChI is InChI=1S/C20H26N4/c1-15-14-16-8-6-7-11-18(16)24(15)19-12-13-21-20(23-19)22-17-9-4-2-3-5-10-17/h6-8,11-13,15,17H,2-5,9-10,14H2,1H3,(H,21,22,23). The van der Waals surface area contributed by atoms with Crippen molar-refractivity contribution in [2.24, 2.45) is 0 Å². The van der Waals surface area contributed by atoms with Crippen LogP contribution in [0.15, 0.2) is 36.5 Å². The molecule has 1 aliphatic heterocycles. The Balaban J connectivity index is 1.56. The summed E-state index contributed by atoms with van der Waals surface area (Å²) in [5.74, 6) is 1.77. The minimum Gasteiger partial charge on any atom is -0.351 e. The van der Waals surface area contributed by atoms with E-state index in [1.807, 2.05) is 12.3 Å². The molecule has 1 unspecified atom stereocenters. The van der Waals surface area contributed by atoms with Crippen molar-refractivity contribution >= 4 is 17.5 Å². The van der Waals surface area contributed by atoms with E-state index >= 15 is 0 Å². The van der Waals surface area contributed by atoms with Crippen LogP contribution < -0.4 is 10.2 Å². The number of aromatic nitrogens is 2. The van der Waals surface area contributed by atoms with Gasteiger partial charge in [0, 0.05) is 24.0 Å². The smallest absolute Gasteiger partial charge is 0.224 e. The van der Waals surface area contributed by atoms with E-state index in [4.69, 9.17) is 4.98 Å². The average Bonchev–Trinajstić information content (AvgIpc) is 2.75. The molecule has 0 amide bonds. The number of nitrogens with one attached hydrogen (secondary N) is 1. The van der Waals surface area contributed by atoms with E-state index in [0.717, 1.165) is 18.2 Å². The first kappa shape index (κ1) is 15.4. The van der Waals surface area contributed by atoms with Crippen molar-refractivity contribution in [3.05, 3.63) is 42.1 Å². The second kappa shape index (κ2) is 6.80. The molecule has 1 atom stereocenters. The van der Waals surface area contributed by atoms with Crippen LogP contribution in [0, 0.1) is 0 Å². The number of para-hydroxylation sites is 1. The lowest BCUT2D eigenvalue weighted by atomic mass is 10.1. The predicted molar refractivity (Wildman–Crippen MR) is 98.9 cm³/mol. The van der Waals surface area contributed by atoms with E-state index < -0.39 is 0 Å². The van der Waals surface area contributed by atoms with Crippen LogP contribution in [0.3, 0.4) is 0 Å². The normalized spacial score (nSPS) is 21.4. The molecule has 1 fully saturated rings. The number of nitrogens with zero attached hydrogens (tertiary/aromatic N) is 3. The maximum Gasteiger partial charge on any atom is 0.224 e. The molecule has 2 aromatic rings. The van der Waals surface area contributed by atoms with Crippen molar-refractivity contribution in [3.8, 4) is 0 Å². The third-order valence-corrected chi connectivity index (χ3v) is 5.28. The Morgan fingerprint density at radius 3 is 2.67 bits per heavy atom. The average molecular weight is 322 g/mol. The quantitative estimate of drug-likeness (QED) is 0.832. The van der Waals surface area contributed by atoms with Gasteiger partial charge in [0.05, 0.1) is 0 Å². The largest absolute Gasteiger partial charge is 0.351 e. The van der Waals surface area contributed by atoms with Crippen LogP contribution in [0.4, 0.5) is 17.5 Å². The summed E-state index contributed by atoms with van der Waals surface area (Å²) < 4.78 is 0. The van der Waals surface area contributed by atoms with Gasteiger partial charge in [-0.05, 0) is 43.9 Å². The molecule has 126 valence electrons. The zero-order chi connectivity index (χ0) is 16.4. The molecule has 1 aliphatic carbocycles. The van der Waals surface area contributed by atoms with Gasteiger partial charge in [0.2, 0.25) is 5.95 Å². The van der Waals surface area contributed by atoms with Gasteiger partial charge >= 0.3 is 0 Å². The Kier molecular flexibility index (Phi) is 4.37. The summed E-state index contributed by atoms with van der Waals surface area (Å²) in [5.41, 5.74) is 2.69. The van der Waals surface area contributed by atoms with Gasteiger partial charge < -0.3 is 10.2 Å². The van der Waals surface area contributed by atoms with Crippen molar-refractivity contribution in [2.45, 2.75) is 64.0 Å². The van der Waals surface area contributed by atoms with Crippen molar-refractivity contribution in [1.29, 1.82) is 0 Å². The van der Waals surface area contributed by atoms with Gasteiger partial charge in [-0.2, -0.15) is 4.98 Å². The van der Waals surface area contributed by atoms with Crippen LogP contribution in [-0.4, -0.2) is 22.1 Å². The molecule has 4 heteroatoms. The van der Waals surface area contributed by atoms with Crippen molar-refractivity contribution in [3.63, 3.8) is 0 Å². The molecule has 1 N–H and O–H groups in total. The van der Waals surface area contributed by atoms with Crippen LogP contribution >= 0.6 is 0 Å². The molecule has 1 aromatic heterocycles. The first-order chi connectivity index (χ1) is 11.8. The van der Waals surface area contributed by atoms with Crippen molar-refractivity contribution in [1.82, 2.24) is 9.97 Å². The summed E-state index contributed by atoms with van der Waals surface area (Å²) in [6, 6.07) is 11.6. The molecule has 2 heterocycles. The van der Waals surface area contributed by atoms with Crippen molar-refractivity contribution < 1.29 is 0 Å². The van der Waals surface area contributed by atoms with Gasteiger partial charge in [-0.1, -0.05) is 43.9 Å². The SMILES string of the molecule is CC1Cc2ccccc2N1c1ccnc(NC2CCCCCC2)n1. The van der Waals surface area contributed by atoms with Crippen LogP contribution in [0.2, 0.25) is 0 Å². The summed E-state index contributed by atoms with van der Waals surface area (Å²) in [5, 5.41) is 3.57. The fraction of sp³-hybridized carbons (Fsp3) is 0.500. The predicted octanol–water partition coefficient (Wildman–Crippen LogP) is 4.69. The van der Waals surface area contributed by atoms with Gasteiger partial charge in [0.1, 0.15) is 5.82 Å². The second-order valence-corrected chi connectivity index (χ2v) is 7.12. The molecule has 2 aliphatic rings. The summed E-state index contributed by atoms with van der Waals surface area (Å²) in [6.45, 7) is 2.26. The molecular formula is C20H26N4. The number of hydrogen-bond donors (Lipinski definition) is 1. The summed E-state index contributed by atoms with van der Waals surface area (Å²) in [6.07, 6.45) is 10.8. The van der Waals surface area contributed by atoms with E-state index in [0.29, 0.717) is 12.1 Å². The molecule has 0 radical (unpaired) electrons. The van der Waals surface area contributed by atoms with E-state index in [1.54, 1.807) is 0 Å². The lowest BCUT2D eigenvalue weighted by Gasteiger charge is -2.24. The Morgan fingerprint density at radius 2 is 1.83 bits per heavy atom. The van der Waals surface area contributed by atoms with Gasteiger partial charge in [-0.15, -0.1) is 0 Å². The molecule has 0 bridgehead atoms. The molecule has 1 aromatic carbocycles. The fourth-order valence-corrected chi connectivity index (χ4v) is 4.07. The number of rotatable bonds is 3. The summed E-state index contributed by atoms with van der Waals surface area (Å²) in [4.78, 5) is 11.6. The molecule has 1 saturated carbocycles. The third-order valence-electron chi connectivity index (χ3n) is 5.28. The lowest BCUT2D eigenvalue weighted by molar-refractivity contribution is 0.614. The van der Waals surface area contributed by atoms with Crippen LogP contribution in [0.1, 0.15) is 51.0 Å². The van der Waals surface area contributed by atoms with Gasteiger partial charge in [-0.3, -0.25) is 0 Å². The number of fused-ring (bicyclic) bond motifs is 1. The molecule has 4 nitrogen and oxygen atoms in total. The second-order valence-electron chi connectivity index (χ2n) is 7.12. The monoisotopic (exact) mass is 322 g/mol. The van der Waals surface area contributed by atoms with Crippen LogP contribution in [-0.2, 0) is 6.42 Å². The fourth-order valence-electron chi connectivity index (χ4n) is 4.07. The number of benzene rings is 1. The Hall–Kier alpha value is -2.10. The van der Waals surface area contributed by atoms with Crippen LogP contribution in [0.25, 0.3) is 0 Å². The maximum atomic E-state index is 4.83. The molecule has 0 spiro atoms. The third kappa shape index (κ3) is 3.10. The van der Waals surface area contributed by atoms with E-state index in [1.165, 1.54) is 49.8 Å². The minimum absolute atomic E-state index is 0.433. The first-order valence-corrected chi connectivity index (χ1v) is 9.28. The topological polar surface area (TPSA) is 41.1 Å². The zero-order valence-corrected chi connectivity index (χ0v) is 14.4. The van der Waals surface area contributed by atoms with Gasteiger partial charge in [-0.25, -0.2) is 4.98 Å². The highest BCUT2D eigenvalue weighted by atomic mass is 15.3. The summed E-state index contributed by atoms with van der Waals surface area (Å²) in [7, 11) is 0. The number of anilines is 3. The van der Waals surface area contributed by atoms with E-state index in [9.17, 15) is 0 Å². The maximum absolute atomic E-state index is 4.83. The highest BCUT2D eigenvalue weighted by molar-refractivity contribution is 5.69. The number of hydrogen-bond acceptors (Lipinski definition) is 4. The molecular weight excluding hydrogens is 296 g/mol. The first-order valence-electron chi connectivity index (χ1n) is 9.28. The molecule has 0 saturated heterocycles. The molecule has 4 rings (SSSR count). The zero-order valence-electron chi connectivity index (χ0n) is 14.4. The Labute approximate surface area is 144 Å². The van der Waals surface area contributed by atoms with E-state index in [2.05, 4.69) is 46.4 Å².